The number of nitrogens with one attached hydrogen (secondary N) is 1. The summed E-state index contributed by atoms with van der Waals surface area (Å²) in [4.78, 5) is 18.1. The first-order valence-corrected chi connectivity index (χ1v) is 9.09. The van der Waals surface area contributed by atoms with Crippen molar-refractivity contribution in [1.82, 2.24) is 15.2 Å². The predicted molar refractivity (Wildman–Crippen MR) is 101 cm³/mol. The maximum absolute atomic E-state index is 15.2. The number of amides is 1. The minimum absolute atomic E-state index is 0.0675. The lowest BCUT2D eigenvalue weighted by Gasteiger charge is -2.36. The van der Waals surface area contributed by atoms with Crippen LogP contribution in [0.3, 0.4) is 0 Å². The van der Waals surface area contributed by atoms with Gasteiger partial charge in [-0.3, -0.25) is 9.78 Å². The molecule has 3 rings (SSSR count). The zero-order valence-corrected chi connectivity index (χ0v) is 15.7. The Kier molecular flexibility index (Phi) is 5.26. The molecule has 1 aromatic heterocycles. The van der Waals surface area contributed by atoms with Gasteiger partial charge in [0.15, 0.2) is 0 Å². The minimum atomic E-state index is -1.97. The highest BCUT2D eigenvalue weighted by Crippen LogP contribution is 2.27. The molecule has 2 aromatic rings. The zero-order chi connectivity index (χ0) is 21.2. The minimum Gasteiger partial charge on any atom is -0.338 e. The van der Waals surface area contributed by atoms with E-state index >= 15 is 4.39 Å². The van der Waals surface area contributed by atoms with E-state index in [1.54, 1.807) is 18.3 Å². The number of pyridine rings is 1. The number of aryl methyl sites for hydroxylation is 1. The van der Waals surface area contributed by atoms with Crippen molar-refractivity contribution in [3.63, 3.8) is 0 Å². The lowest BCUT2D eigenvalue weighted by atomic mass is 9.92. The normalized spacial score (nSPS) is 18.0. The Balaban J connectivity index is 1.58. The molecular formula is C20H22ClF2N3O. The van der Waals surface area contributed by atoms with Crippen LogP contribution in [0.2, 0.25) is 5.02 Å². The summed E-state index contributed by atoms with van der Waals surface area (Å²) < 4.78 is 44.7. The zero-order valence-electron chi connectivity index (χ0n) is 16.9. The number of benzene rings is 1. The fraction of sp³-hybridized carbons (Fsp3) is 0.400. The Morgan fingerprint density at radius 3 is 2.74 bits per heavy atom. The third-order valence-electron chi connectivity index (χ3n) is 4.65. The van der Waals surface area contributed by atoms with Gasteiger partial charge in [0.05, 0.1) is 10.7 Å². The van der Waals surface area contributed by atoms with E-state index in [2.05, 4.69) is 10.3 Å². The molecule has 1 aliphatic heterocycles. The fourth-order valence-electron chi connectivity index (χ4n) is 2.93. The van der Waals surface area contributed by atoms with Crippen LogP contribution in [0.4, 0.5) is 8.78 Å². The molecular weight excluding hydrogens is 372 g/mol. The smallest absolute Gasteiger partial charge is 0.253 e. The molecule has 0 radical (unpaired) electrons. The van der Waals surface area contributed by atoms with Crippen molar-refractivity contribution in [2.45, 2.75) is 31.9 Å². The first-order valence-electron chi connectivity index (χ1n) is 9.71. The third kappa shape index (κ3) is 5.02. The molecule has 0 atom stereocenters. The van der Waals surface area contributed by atoms with E-state index in [0.29, 0.717) is 0 Å². The molecule has 0 aliphatic carbocycles. The molecule has 7 heteroatoms. The Labute approximate surface area is 165 Å². The largest absolute Gasteiger partial charge is 0.338 e. The highest BCUT2D eigenvalue weighted by molar-refractivity contribution is 6.31. The van der Waals surface area contributed by atoms with Crippen LogP contribution in [0.25, 0.3) is 0 Å². The van der Waals surface area contributed by atoms with E-state index < -0.39 is 18.0 Å². The van der Waals surface area contributed by atoms with Gasteiger partial charge >= 0.3 is 0 Å². The van der Waals surface area contributed by atoms with Gasteiger partial charge < -0.3 is 10.2 Å². The Hall–Kier alpha value is -2.05. The van der Waals surface area contributed by atoms with Gasteiger partial charge in [-0.2, -0.15) is 0 Å². The number of alkyl halides is 1. The quantitative estimate of drug-likeness (QED) is 0.834. The van der Waals surface area contributed by atoms with Crippen molar-refractivity contribution < 1.29 is 16.3 Å². The summed E-state index contributed by atoms with van der Waals surface area (Å²) in [6.45, 7) is 0.0471. The molecule has 1 aliphatic rings. The monoisotopic (exact) mass is 395 g/mol. The molecule has 4 nitrogen and oxygen atoms in total. The van der Waals surface area contributed by atoms with Gasteiger partial charge in [0, 0.05) is 53.5 Å². The third-order valence-corrected chi connectivity index (χ3v) is 4.94. The standard InChI is InChI=1S/C20H22ClF2N3O/c1-14-2-4-16(25-11-14)12-24-13-20(23)6-8-26(9-7-20)19(27)15-3-5-18(22)17(21)10-15/h2-5,10-11,24H,6-9,12-13H2,1H3/i12D2. The Morgan fingerprint density at radius 2 is 2.11 bits per heavy atom. The average Bonchev–Trinajstić information content (AvgIpc) is 2.69. The Morgan fingerprint density at radius 1 is 1.37 bits per heavy atom. The summed E-state index contributed by atoms with van der Waals surface area (Å²) in [6.07, 6.45) is 1.70. The van der Waals surface area contributed by atoms with Crippen molar-refractivity contribution in [2.75, 3.05) is 19.6 Å². The maximum atomic E-state index is 15.2. The van der Waals surface area contributed by atoms with Crippen LogP contribution in [0, 0.1) is 12.7 Å². The van der Waals surface area contributed by atoms with E-state index in [-0.39, 0.29) is 54.7 Å². The SMILES string of the molecule is [2H]C([2H])(NCC1(F)CCN(C(=O)c2ccc(F)c(Cl)c2)CC1)c1ccc(C)cn1. The van der Waals surface area contributed by atoms with Crippen molar-refractivity contribution in [1.29, 1.82) is 0 Å². The van der Waals surface area contributed by atoms with Gasteiger partial charge in [0.1, 0.15) is 11.5 Å². The van der Waals surface area contributed by atoms with Gasteiger partial charge in [0.25, 0.3) is 5.91 Å². The number of hydrogen-bond acceptors (Lipinski definition) is 3. The van der Waals surface area contributed by atoms with Gasteiger partial charge in [0.2, 0.25) is 0 Å². The number of aromatic nitrogens is 1. The van der Waals surface area contributed by atoms with Gasteiger partial charge in [-0.1, -0.05) is 17.7 Å². The summed E-state index contributed by atoms with van der Waals surface area (Å²) in [5.41, 5.74) is -0.295. The second-order valence-electron chi connectivity index (χ2n) is 6.77. The first-order chi connectivity index (χ1) is 13.6. The van der Waals surface area contributed by atoms with E-state index in [0.717, 1.165) is 11.6 Å². The first kappa shape index (κ1) is 17.1. The number of carbonyl (C=O) groups excluding carboxylic acids is 1. The summed E-state index contributed by atoms with van der Waals surface area (Å²) in [5.74, 6) is -0.936. The van der Waals surface area contributed by atoms with Crippen molar-refractivity contribution in [2.24, 2.45) is 0 Å². The summed E-state index contributed by atoms with van der Waals surface area (Å²) in [7, 11) is 0. The molecule has 144 valence electrons. The summed E-state index contributed by atoms with van der Waals surface area (Å²) in [6, 6.07) is 7.07. The van der Waals surface area contributed by atoms with Gasteiger partial charge in [-0.25, -0.2) is 8.78 Å². The summed E-state index contributed by atoms with van der Waals surface area (Å²) in [5, 5.41) is 2.49. The topological polar surface area (TPSA) is 45.2 Å². The Bertz CT molecular complexity index is 888. The number of likely N-dealkylation sites (tertiary alicyclic amines) is 1. The molecule has 1 amide bonds. The molecule has 1 saturated heterocycles. The highest BCUT2D eigenvalue weighted by Gasteiger charge is 2.35. The molecule has 27 heavy (non-hydrogen) atoms. The van der Waals surface area contributed by atoms with Crippen molar-refractivity contribution in [3.05, 3.63) is 64.2 Å². The van der Waals surface area contributed by atoms with E-state index in [4.69, 9.17) is 14.3 Å². The fourth-order valence-corrected chi connectivity index (χ4v) is 3.11. The predicted octanol–water partition coefficient (Wildman–Crippen LogP) is 3.92. The maximum Gasteiger partial charge on any atom is 0.253 e. The van der Waals surface area contributed by atoms with E-state index in [1.807, 2.05) is 6.92 Å². The number of piperidine rings is 1. The number of hydrogen-bond donors (Lipinski definition) is 1. The van der Waals surface area contributed by atoms with Crippen LogP contribution in [-0.2, 0) is 6.50 Å². The number of halogens is 3. The molecule has 1 aromatic carbocycles. The van der Waals surface area contributed by atoms with Crippen molar-refractivity contribution >= 4 is 17.5 Å². The molecule has 1 N–H and O–H groups in total. The van der Waals surface area contributed by atoms with Crippen LogP contribution in [-0.4, -0.2) is 41.1 Å². The van der Waals surface area contributed by atoms with Crippen LogP contribution in [0.15, 0.2) is 36.5 Å². The number of carbonyl (C=O) groups is 1. The van der Waals surface area contributed by atoms with Gasteiger partial charge in [-0.05, 0) is 36.8 Å². The summed E-state index contributed by atoms with van der Waals surface area (Å²) >= 11 is 5.73. The molecule has 1 fully saturated rings. The molecule has 0 bridgehead atoms. The van der Waals surface area contributed by atoms with Gasteiger partial charge in [-0.15, -0.1) is 0 Å². The second-order valence-corrected chi connectivity index (χ2v) is 7.18. The van der Waals surface area contributed by atoms with E-state index in [9.17, 15) is 9.18 Å². The second kappa shape index (κ2) is 8.31. The number of nitrogens with zero attached hydrogens (tertiary/aromatic N) is 2. The van der Waals surface area contributed by atoms with Crippen LogP contribution < -0.4 is 5.32 Å². The average molecular weight is 396 g/mol. The van der Waals surface area contributed by atoms with Crippen molar-refractivity contribution in [3.8, 4) is 0 Å². The van der Waals surface area contributed by atoms with E-state index in [1.165, 1.54) is 17.0 Å². The van der Waals surface area contributed by atoms with Crippen LogP contribution in [0.5, 0.6) is 0 Å². The molecule has 0 spiro atoms. The lowest BCUT2D eigenvalue weighted by molar-refractivity contribution is 0.0434. The highest BCUT2D eigenvalue weighted by atomic mass is 35.5. The molecule has 0 unspecified atom stereocenters. The lowest BCUT2D eigenvalue weighted by Crippen LogP contribution is -2.48. The molecule has 2 heterocycles. The number of rotatable bonds is 5. The van der Waals surface area contributed by atoms with Crippen LogP contribution >= 0.6 is 11.6 Å². The van der Waals surface area contributed by atoms with Crippen LogP contribution in [0.1, 0.15) is 37.2 Å². The molecule has 0 saturated carbocycles.